The van der Waals surface area contributed by atoms with E-state index in [4.69, 9.17) is 22.3 Å². The first-order chi connectivity index (χ1) is 17.6. The van der Waals surface area contributed by atoms with Gasteiger partial charge in [0.05, 0.1) is 6.61 Å². The molecule has 0 fully saturated rings. The molecule has 13 heteroatoms. The lowest BCUT2D eigenvalue weighted by molar-refractivity contribution is -0.142. The van der Waals surface area contributed by atoms with Gasteiger partial charge in [0.1, 0.15) is 29.9 Å². The number of unbranched alkanes of at least 4 members (excludes halogenated alkanes) is 2. The fourth-order valence-corrected chi connectivity index (χ4v) is 3.50. The van der Waals surface area contributed by atoms with Crippen molar-refractivity contribution in [2.24, 2.45) is 17.2 Å². The molecule has 0 aliphatic rings. The van der Waals surface area contributed by atoms with E-state index in [0.29, 0.717) is 44.3 Å². The summed E-state index contributed by atoms with van der Waals surface area (Å²) in [6, 6.07) is 1.32. The zero-order chi connectivity index (χ0) is 27.8. The van der Waals surface area contributed by atoms with Crippen LogP contribution in [0.4, 0.5) is 0 Å². The van der Waals surface area contributed by atoms with E-state index < -0.39 is 54.5 Å². The van der Waals surface area contributed by atoms with Crippen molar-refractivity contribution in [3.8, 4) is 5.75 Å². The van der Waals surface area contributed by atoms with Crippen molar-refractivity contribution >= 4 is 23.7 Å². The maximum absolute atomic E-state index is 13.2. The van der Waals surface area contributed by atoms with E-state index in [1.54, 1.807) is 12.1 Å². The summed E-state index contributed by atoms with van der Waals surface area (Å²) in [6.45, 7) is 0.150. The Morgan fingerprint density at radius 2 is 1.24 bits per heavy atom. The van der Waals surface area contributed by atoms with Crippen LogP contribution in [0.2, 0.25) is 0 Å². The van der Waals surface area contributed by atoms with Crippen LogP contribution >= 0.6 is 0 Å². The summed E-state index contributed by atoms with van der Waals surface area (Å²) in [5, 5.41) is 35.8. The molecule has 0 aromatic heterocycles. The lowest BCUT2D eigenvalue weighted by Gasteiger charge is -2.25. The van der Waals surface area contributed by atoms with Crippen molar-refractivity contribution < 1.29 is 34.5 Å². The summed E-state index contributed by atoms with van der Waals surface area (Å²) in [6.07, 6.45) is 2.53. The van der Waals surface area contributed by atoms with Gasteiger partial charge < -0.3 is 48.5 Å². The smallest absolute Gasteiger partial charge is 0.326 e. The Labute approximate surface area is 216 Å². The molecule has 12 N–H and O–H groups in total. The normalized spacial score (nSPS) is 14.2. The number of phenolic OH excluding ortho intramolecular Hbond substituents is 1. The van der Waals surface area contributed by atoms with Gasteiger partial charge in [-0.25, -0.2) is 4.79 Å². The summed E-state index contributed by atoms with van der Waals surface area (Å²) >= 11 is 0. The van der Waals surface area contributed by atoms with Crippen molar-refractivity contribution in [3.63, 3.8) is 0 Å². The summed E-state index contributed by atoms with van der Waals surface area (Å²) < 4.78 is 0. The van der Waals surface area contributed by atoms with Gasteiger partial charge in [-0.1, -0.05) is 12.1 Å². The molecule has 4 unspecified atom stereocenters. The fraction of sp³-hybridized carbons (Fsp3) is 0.583. The number of aromatic hydroxyl groups is 1. The summed E-state index contributed by atoms with van der Waals surface area (Å²) in [4.78, 5) is 50.2. The fourth-order valence-electron chi connectivity index (χ4n) is 3.50. The SMILES string of the molecule is NCCCCC(NC(=O)C(Cc1ccc(O)cc1)NC(=O)C(CCCCN)NC(=O)C(N)CO)C(=O)O. The molecular weight excluding hydrogens is 484 g/mol. The van der Waals surface area contributed by atoms with Crippen LogP contribution in [-0.4, -0.2) is 82.9 Å². The first-order valence-electron chi connectivity index (χ1n) is 12.3. The minimum absolute atomic E-state index is 0.00733. The number of amides is 3. The molecule has 208 valence electrons. The molecule has 3 amide bonds. The van der Waals surface area contributed by atoms with Gasteiger partial charge in [0.2, 0.25) is 17.7 Å². The largest absolute Gasteiger partial charge is 0.508 e. The number of phenols is 1. The second kappa shape index (κ2) is 17.2. The van der Waals surface area contributed by atoms with E-state index >= 15 is 0 Å². The van der Waals surface area contributed by atoms with Crippen LogP contribution in [0.1, 0.15) is 44.1 Å². The number of hydrogen-bond acceptors (Lipinski definition) is 9. The molecule has 0 aliphatic heterocycles. The average Bonchev–Trinajstić information content (AvgIpc) is 2.87. The van der Waals surface area contributed by atoms with Gasteiger partial charge in [-0.05, 0) is 69.3 Å². The molecule has 0 spiro atoms. The van der Waals surface area contributed by atoms with Crippen LogP contribution in [0.5, 0.6) is 5.75 Å². The van der Waals surface area contributed by atoms with Crippen LogP contribution in [-0.2, 0) is 25.6 Å². The summed E-state index contributed by atoms with van der Waals surface area (Å²) in [7, 11) is 0. The lowest BCUT2D eigenvalue weighted by Crippen LogP contribution is -2.58. The first kappa shape index (κ1) is 31.8. The van der Waals surface area contributed by atoms with Gasteiger partial charge in [0.25, 0.3) is 0 Å². The molecule has 0 saturated heterocycles. The van der Waals surface area contributed by atoms with Crippen molar-refractivity contribution in [1.82, 2.24) is 16.0 Å². The zero-order valence-corrected chi connectivity index (χ0v) is 20.9. The maximum atomic E-state index is 13.2. The van der Waals surface area contributed by atoms with Crippen LogP contribution in [0.3, 0.4) is 0 Å². The number of carbonyl (C=O) groups is 4. The number of nitrogens with one attached hydrogen (secondary N) is 3. The highest BCUT2D eigenvalue weighted by Crippen LogP contribution is 2.13. The monoisotopic (exact) mass is 524 g/mol. The molecule has 0 saturated carbocycles. The van der Waals surface area contributed by atoms with Gasteiger partial charge in [0.15, 0.2) is 0 Å². The molecule has 1 aromatic carbocycles. The lowest BCUT2D eigenvalue weighted by atomic mass is 10.0. The van der Waals surface area contributed by atoms with E-state index in [2.05, 4.69) is 16.0 Å². The number of hydrogen-bond donors (Lipinski definition) is 9. The van der Waals surface area contributed by atoms with E-state index in [0.717, 1.165) is 0 Å². The molecule has 37 heavy (non-hydrogen) atoms. The predicted molar refractivity (Wildman–Crippen MR) is 136 cm³/mol. The van der Waals surface area contributed by atoms with E-state index in [1.165, 1.54) is 12.1 Å². The second-order valence-electron chi connectivity index (χ2n) is 8.75. The highest BCUT2D eigenvalue weighted by atomic mass is 16.4. The number of aliphatic hydroxyl groups excluding tert-OH is 1. The number of benzene rings is 1. The molecule has 0 heterocycles. The molecule has 13 nitrogen and oxygen atoms in total. The van der Waals surface area contributed by atoms with Crippen molar-refractivity contribution in [1.29, 1.82) is 0 Å². The van der Waals surface area contributed by atoms with E-state index in [1.807, 2.05) is 0 Å². The van der Waals surface area contributed by atoms with Crippen LogP contribution in [0.15, 0.2) is 24.3 Å². The number of carbonyl (C=O) groups excluding carboxylic acids is 3. The summed E-state index contributed by atoms with van der Waals surface area (Å²) in [5.74, 6) is -3.33. The Bertz CT molecular complexity index is 868. The third kappa shape index (κ3) is 12.0. The Kier molecular flexibility index (Phi) is 14.8. The Balaban J connectivity index is 3.11. The topological polar surface area (TPSA) is 243 Å². The minimum Gasteiger partial charge on any atom is -0.508 e. The van der Waals surface area contributed by atoms with E-state index in [9.17, 15) is 29.4 Å². The number of rotatable bonds is 18. The maximum Gasteiger partial charge on any atom is 0.326 e. The van der Waals surface area contributed by atoms with Gasteiger partial charge in [-0.2, -0.15) is 0 Å². The van der Waals surface area contributed by atoms with Gasteiger partial charge in [0, 0.05) is 6.42 Å². The molecule has 0 radical (unpaired) electrons. The van der Waals surface area contributed by atoms with Crippen LogP contribution in [0.25, 0.3) is 0 Å². The van der Waals surface area contributed by atoms with Crippen molar-refractivity contribution in [2.45, 2.75) is 69.1 Å². The molecule has 1 rings (SSSR count). The van der Waals surface area contributed by atoms with Gasteiger partial charge in [-0.3, -0.25) is 14.4 Å². The number of aliphatic hydroxyl groups is 1. The van der Waals surface area contributed by atoms with Crippen LogP contribution in [0, 0.1) is 0 Å². The molecule has 0 aliphatic carbocycles. The number of carboxylic acid groups (broad SMARTS) is 1. The van der Waals surface area contributed by atoms with E-state index in [-0.39, 0.29) is 25.0 Å². The van der Waals surface area contributed by atoms with Gasteiger partial charge in [-0.15, -0.1) is 0 Å². The molecule has 4 atom stereocenters. The standard InChI is InChI=1S/C24H40N6O7/c25-11-3-1-5-18(28-21(33)17(27)14-31)22(34)30-20(13-15-7-9-16(32)10-8-15)23(35)29-19(24(36)37)6-2-4-12-26/h7-10,17-20,31-32H,1-6,11-14,25-27H2,(H,28,33)(H,29,35)(H,30,34)(H,36,37). The number of nitrogens with two attached hydrogens (primary N) is 3. The summed E-state index contributed by atoms with van der Waals surface area (Å²) in [5.41, 5.74) is 17.1. The number of aliphatic carboxylic acids is 1. The highest BCUT2D eigenvalue weighted by molar-refractivity contribution is 5.94. The quantitative estimate of drug-likeness (QED) is 0.0961. The predicted octanol–water partition coefficient (Wildman–Crippen LogP) is -1.95. The number of carboxylic acids is 1. The Morgan fingerprint density at radius 3 is 1.76 bits per heavy atom. The van der Waals surface area contributed by atoms with Crippen LogP contribution < -0.4 is 33.2 Å². The highest BCUT2D eigenvalue weighted by Gasteiger charge is 2.30. The zero-order valence-electron chi connectivity index (χ0n) is 20.9. The Morgan fingerprint density at radius 1 is 0.757 bits per heavy atom. The first-order valence-corrected chi connectivity index (χ1v) is 12.3. The minimum atomic E-state index is -1.23. The van der Waals surface area contributed by atoms with Gasteiger partial charge >= 0.3 is 5.97 Å². The molecule has 1 aromatic rings. The van der Waals surface area contributed by atoms with Crippen molar-refractivity contribution in [2.75, 3.05) is 19.7 Å². The Hall–Kier alpha value is -3.26. The third-order valence-electron chi connectivity index (χ3n) is 5.68. The molecule has 0 bridgehead atoms. The third-order valence-corrected chi connectivity index (χ3v) is 5.68. The van der Waals surface area contributed by atoms with Crippen molar-refractivity contribution in [3.05, 3.63) is 29.8 Å². The molecular formula is C24H40N6O7. The second-order valence-corrected chi connectivity index (χ2v) is 8.75. The average molecular weight is 525 g/mol.